The fourth-order valence-electron chi connectivity index (χ4n) is 3.64. The van der Waals surface area contributed by atoms with Crippen LogP contribution in [0.25, 0.3) is 0 Å². The third-order valence-corrected chi connectivity index (χ3v) is 6.24. The highest BCUT2D eigenvalue weighted by atomic mass is 35.5. The van der Waals surface area contributed by atoms with Gasteiger partial charge in [0.2, 0.25) is 5.96 Å². The molecule has 0 spiro atoms. The summed E-state index contributed by atoms with van der Waals surface area (Å²) in [6.45, 7) is 4.93. The summed E-state index contributed by atoms with van der Waals surface area (Å²) >= 11 is 5.62. The fourth-order valence-corrected chi connectivity index (χ4v) is 3.86. The topological polar surface area (TPSA) is 162 Å². The van der Waals surface area contributed by atoms with Crippen molar-refractivity contribution in [3.8, 4) is 0 Å². The lowest BCUT2D eigenvalue weighted by Crippen LogP contribution is -2.53. The van der Waals surface area contributed by atoms with Crippen LogP contribution >= 0.6 is 11.6 Å². The van der Waals surface area contributed by atoms with E-state index in [-0.39, 0.29) is 11.6 Å². The Morgan fingerprint density at radius 1 is 1.12 bits per heavy atom. The highest BCUT2D eigenvalue weighted by Gasteiger charge is 2.47. The number of aliphatic imine (C=N–C) groups is 2. The Labute approximate surface area is 230 Å². The van der Waals surface area contributed by atoms with Gasteiger partial charge in [-0.25, -0.2) is 14.8 Å². The van der Waals surface area contributed by atoms with E-state index in [0.717, 1.165) is 23.4 Å². The standard InChI is InChI=1S/C24H23ClF3N9O3/c1-12-4-5-15(31-22(38)30-14-6-7-17(25)16(9-14)24(26,27)28)10-18(12)32-21-29-11-23(3,37(39)40)20(34-21)33-19-8-13(2)35-36-19/h4-11,20H,1-3H3,(H,32,34)(H2,30,31,38)(H2,33,35,36). The second-order valence-electron chi connectivity index (χ2n) is 9.10. The molecule has 0 radical (unpaired) electrons. The van der Waals surface area contributed by atoms with Crippen molar-refractivity contribution < 1.29 is 22.9 Å². The molecule has 0 saturated carbocycles. The first-order chi connectivity index (χ1) is 18.7. The molecule has 2 atom stereocenters. The second-order valence-corrected chi connectivity index (χ2v) is 9.51. The molecule has 4 rings (SSSR count). The van der Waals surface area contributed by atoms with Crippen molar-refractivity contribution in [2.45, 2.75) is 38.7 Å². The van der Waals surface area contributed by atoms with Crippen LogP contribution in [-0.4, -0.2) is 45.0 Å². The van der Waals surface area contributed by atoms with Crippen LogP contribution in [0.5, 0.6) is 0 Å². The normalized spacial score (nSPS) is 18.6. The number of guanidine groups is 1. The molecule has 3 aromatic rings. The van der Waals surface area contributed by atoms with E-state index < -0.39 is 39.4 Å². The summed E-state index contributed by atoms with van der Waals surface area (Å²) in [5.74, 6) is 0.431. The zero-order chi connectivity index (χ0) is 29.2. The number of H-pyrrole nitrogens is 1. The number of urea groups is 1. The first-order valence-electron chi connectivity index (χ1n) is 11.6. The molecule has 0 fully saturated rings. The maximum Gasteiger partial charge on any atom is 0.417 e. The van der Waals surface area contributed by atoms with E-state index in [0.29, 0.717) is 17.2 Å². The number of hydrogen-bond donors (Lipinski definition) is 5. The summed E-state index contributed by atoms with van der Waals surface area (Å²) in [7, 11) is 0. The molecule has 5 N–H and O–H groups in total. The Morgan fingerprint density at radius 2 is 1.80 bits per heavy atom. The Hall–Kier alpha value is -4.66. The Bertz CT molecular complexity index is 1520. The lowest BCUT2D eigenvalue weighted by atomic mass is 10.00. The molecule has 210 valence electrons. The average Bonchev–Trinajstić information content (AvgIpc) is 3.28. The molecule has 12 nitrogen and oxygen atoms in total. The van der Waals surface area contributed by atoms with Gasteiger partial charge in [-0.2, -0.15) is 18.3 Å². The van der Waals surface area contributed by atoms with Gasteiger partial charge in [-0.05, 0) is 49.7 Å². The van der Waals surface area contributed by atoms with E-state index >= 15 is 0 Å². The number of aryl methyl sites for hydroxylation is 2. The Balaban J connectivity index is 1.50. The number of hydrogen-bond acceptors (Lipinski definition) is 8. The number of nitro groups is 1. The van der Waals surface area contributed by atoms with Crippen molar-refractivity contribution in [2.24, 2.45) is 9.98 Å². The number of carbonyl (C=O) groups is 1. The lowest BCUT2D eigenvalue weighted by Gasteiger charge is -2.28. The molecule has 2 aromatic carbocycles. The molecule has 16 heteroatoms. The first-order valence-corrected chi connectivity index (χ1v) is 12.0. The van der Waals surface area contributed by atoms with Crippen molar-refractivity contribution in [2.75, 3.05) is 21.3 Å². The Kier molecular flexibility index (Phi) is 7.68. The van der Waals surface area contributed by atoms with E-state index in [4.69, 9.17) is 11.6 Å². The molecule has 0 saturated heterocycles. The molecular formula is C24H23ClF3N9O3. The predicted octanol–water partition coefficient (Wildman–Crippen LogP) is 5.67. The van der Waals surface area contributed by atoms with Gasteiger partial charge in [0.1, 0.15) is 5.82 Å². The number of alkyl halides is 3. The number of halogens is 4. The number of rotatable bonds is 6. The monoisotopic (exact) mass is 577 g/mol. The van der Waals surface area contributed by atoms with Gasteiger partial charge in [-0.15, -0.1) is 0 Å². The minimum Gasteiger partial charge on any atom is -0.341 e. The van der Waals surface area contributed by atoms with Crippen molar-refractivity contribution >= 4 is 52.7 Å². The van der Waals surface area contributed by atoms with Crippen LogP contribution in [0.2, 0.25) is 5.02 Å². The summed E-state index contributed by atoms with van der Waals surface area (Å²) in [6.07, 6.45) is -4.57. The van der Waals surface area contributed by atoms with E-state index in [1.54, 1.807) is 38.1 Å². The molecule has 1 aliphatic heterocycles. The number of anilines is 4. The fraction of sp³-hybridized carbons (Fsp3) is 0.250. The van der Waals surface area contributed by atoms with Crippen LogP contribution in [0.15, 0.2) is 52.4 Å². The van der Waals surface area contributed by atoms with Crippen LogP contribution in [0.3, 0.4) is 0 Å². The SMILES string of the molecule is Cc1cc(NC2N=C(Nc3cc(NC(=O)Nc4ccc(Cl)c(C(F)(F)F)c4)ccc3C)N=CC2(C)[N+](=O)[O-])n[nH]1. The predicted molar refractivity (Wildman–Crippen MR) is 146 cm³/mol. The van der Waals surface area contributed by atoms with Crippen LogP contribution in [-0.2, 0) is 6.18 Å². The quantitative estimate of drug-likeness (QED) is 0.187. The number of nitrogens with zero attached hydrogens (tertiary/aromatic N) is 4. The van der Waals surface area contributed by atoms with Gasteiger partial charge in [0.15, 0.2) is 6.17 Å². The number of aromatic nitrogens is 2. The summed E-state index contributed by atoms with van der Waals surface area (Å²) in [4.78, 5) is 32.3. The lowest BCUT2D eigenvalue weighted by molar-refractivity contribution is -0.543. The maximum absolute atomic E-state index is 13.1. The molecule has 2 unspecified atom stereocenters. The summed E-state index contributed by atoms with van der Waals surface area (Å²) < 4.78 is 39.4. The van der Waals surface area contributed by atoms with Crippen molar-refractivity contribution in [1.82, 2.24) is 10.2 Å². The van der Waals surface area contributed by atoms with E-state index in [1.807, 2.05) is 0 Å². The number of carbonyl (C=O) groups excluding carboxylic acids is 1. The van der Waals surface area contributed by atoms with Crippen LogP contribution < -0.4 is 21.3 Å². The highest BCUT2D eigenvalue weighted by Crippen LogP contribution is 2.36. The molecule has 1 aliphatic rings. The highest BCUT2D eigenvalue weighted by molar-refractivity contribution is 6.31. The van der Waals surface area contributed by atoms with Crippen LogP contribution in [0.4, 0.5) is 40.8 Å². The van der Waals surface area contributed by atoms with Crippen LogP contribution in [0.1, 0.15) is 23.7 Å². The molecule has 2 heterocycles. The summed E-state index contributed by atoms with van der Waals surface area (Å²) in [5, 5.41) is 28.9. The Morgan fingerprint density at radius 3 is 2.42 bits per heavy atom. The van der Waals surface area contributed by atoms with Gasteiger partial charge in [0.25, 0.3) is 5.54 Å². The average molecular weight is 578 g/mol. The first kappa shape index (κ1) is 28.4. The summed E-state index contributed by atoms with van der Waals surface area (Å²) in [5.41, 5.74) is -0.603. The van der Waals surface area contributed by atoms with Gasteiger partial charge < -0.3 is 21.3 Å². The third kappa shape index (κ3) is 6.31. The van der Waals surface area contributed by atoms with Crippen molar-refractivity contribution in [1.29, 1.82) is 0 Å². The molecule has 40 heavy (non-hydrogen) atoms. The smallest absolute Gasteiger partial charge is 0.341 e. The number of aromatic amines is 1. The largest absolute Gasteiger partial charge is 0.417 e. The molecular weight excluding hydrogens is 555 g/mol. The van der Waals surface area contributed by atoms with Gasteiger partial charge in [-0.3, -0.25) is 15.2 Å². The molecule has 1 aromatic heterocycles. The third-order valence-electron chi connectivity index (χ3n) is 5.91. The van der Waals surface area contributed by atoms with Gasteiger partial charge in [-0.1, -0.05) is 17.7 Å². The van der Waals surface area contributed by atoms with Crippen molar-refractivity contribution in [3.05, 3.63) is 74.4 Å². The number of nitrogens with one attached hydrogen (secondary N) is 5. The van der Waals surface area contributed by atoms with E-state index in [9.17, 15) is 28.1 Å². The van der Waals surface area contributed by atoms with E-state index in [1.165, 1.54) is 19.2 Å². The van der Waals surface area contributed by atoms with Gasteiger partial charge in [0, 0.05) is 40.7 Å². The maximum atomic E-state index is 13.1. The zero-order valence-corrected chi connectivity index (χ0v) is 22.0. The minimum atomic E-state index is -4.68. The van der Waals surface area contributed by atoms with Crippen LogP contribution in [0, 0.1) is 24.0 Å². The minimum absolute atomic E-state index is 0.0645. The molecule has 0 bridgehead atoms. The van der Waals surface area contributed by atoms with E-state index in [2.05, 4.69) is 41.4 Å². The van der Waals surface area contributed by atoms with Gasteiger partial charge >= 0.3 is 12.2 Å². The molecule has 0 aliphatic carbocycles. The molecule has 2 amide bonds. The second kappa shape index (κ2) is 10.8. The van der Waals surface area contributed by atoms with Gasteiger partial charge in [0.05, 0.1) is 16.8 Å². The number of amides is 2. The van der Waals surface area contributed by atoms with Crippen molar-refractivity contribution in [3.63, 3.8) is 0 Å². The zero-order valence-electron chi connectivity index (χ0n) is 21.2. The summed E-state index contributed by atoms with van der Waals surface area (Å²) in [6, 6.07) is 8.71. The number of benzene rings is 2.